The highest BCUT2D eigenvalue weighted by atomic mass is 15.8. The number of nitrogens with one attached hydrogen (secondary N) is 1. The maximum atomic E-state index is 5.41. The van der Waals surface area contributed by atoms with Crippen LogP contribution in [0.2, 0.25) is 0 Å². The van der Waals surface area contributed by atoms with Crippen molar-refractivity contribution in [1.82, 2.24) is 19.9 Å². The SMILES string of the molecule is CN1C=Cc2ccccc2C1N1c2ccccc2-c2c(n(C(/N=C/c3ccccc3)[N@@]3NC3c3ccccc3)c3ccccc23)-c2ccccc21. The molecule has 0 saturated carbocycles. The molecule has 1 saturated heterocycles. The number of aliphatic imine (C=N–C) groups is 1. The molecule has 0 radical (unpaired) electrons. The first-order chi connectivity index (χ1) is 25.3. The summed E-state index contributed by atoms with van der Waals surface area (Å²) < 4.78 is 2.46. The fraction of sp³-hybridized carbons (Fsp3) is 0.0889. The predicted octanol–water partition coefficient (Wildman–Crippen LogP) is 10.1. The van der Waals surface area contributed by atoms with Crippen molar-refractivity contribution in [3.05, 3.63) is 186 Å². The lowest BCUT2D eigenvalue weighted by Crippen LogP contribution is -2.36. The van der Waals surface area contributed by atoms with Crippen LogP contribution in [0, 0.1) is 0 Å². The van der Waals surface area contributed by atoms with Gasteiger partial charge in [0.05, 0.1) is 22.6 Å². The van der Waals surface area contributed by atoms with Crippen LogP contribution in [0.3, 0.4) is 0 Å². The molecule has 246 valence electrons. The van der Waals surface area contributed by atoms with Crippen LogP contribution in [0.15, 0.2) is 169 Å². The summed E-state index contributed by atoms with van der Waals surface area (Å²) in [5.74, 6) is 0. The smallest absolute Gasteiger partial charge is 0.197 e. The van der Waals surface area contributed by atoms with Crippen LogP contribution in [0.1, 0.15) is 40.9 Å². The number of fused-ring (bicyclic) bond motifs is 8. The Bertz CT molecular complexity index is 2460. The second-order valence-corrected chi connectivity index (χ2v) is 13.4. The molecular weight excluding hydrogens is 625 g/mol. The van der Waals surface area contributed by atoms with Crippen molar-refractivity contribution in [3.63, 3.8) is 0 Å². The number of hydrazine groups is 1. The van der Waals surface area contributed by atoms with Crippen molar-refractivity contribution in [2.24, 2.45) is 4.99 Å². The Morgan fingerprint density at radius 3 is 2.14 bits per heavy atom. The van der Waals surface area contributed by atoms with E-state index in [1.54, 1.807) is 0 Å². The number of nitrogens with zero attached hydrogens (tertiary/aromatic N) is 5. The van der Waals surface area contributed by atoms with E-state index in [0.717, 1.165) is 22.5 Å². The number of aromatic nitrogens is 1. The molecule has 3 unspecified atom stereocenters. The van der Waals surface area contributed by atoms with E-state index < -0.39 is 0 Å². The van der Waals surface area contributed by atoms with Gasteiger partial charge in [-0.1, -0.05) is 140 Å². The highest BCUT2D eigenvalue weighted by Gasteiger charge is 2.44. The first-order valence-corrected chi connectivity index (χ1v) is 17.5. The number of para-hydroxylation sites is 3. The third-order valence-corrected chi connectivity index (χ3v) is 10.4. The summed E-state index contributed by atoms with van der Waals surface area (Å²) in [5, 5.41) is 3.47. The molecule has 3 aliphatic rings. The lowest BCUT2D eigenvalue weighted by molar-refractivity contribution is 0.284. The van der Waals surface area contributed by atoms with Crippen LogP contribution < -0.4 is 10.3 Å². The number of benzene rings is 6. The fourth-order valence-electron chi connectivity index (χ4n) is 8.06. The Morgan fingerprint density at radius 2 is 1.31 bits per heavy atom. The predicted molar refractivity (Wildman–Crippen MR) is 208 cm³/mol. The summed E-state index contributed by atoms with van der Waals surface area (Å²) in [6.07, 6.45) is 6.03. The molecule has 6 heteroatoms. The molecule has 0 aliphatic carbocycles. The highest BCUT2D eigenvalue weighted by molar-refractivity contribution is 6.11. The largest absolute Gasteiger partial charge is 0.356 e. The number of anilines is 2. The van der Waals surface area contributed by atoms with Gasteiger partial charge in [-0.2, -0.15) is 5.01 Å². The zero-order valence-electron chi connectivity index (χ0n) is 28.2. The normalized spacial score (nSPS) is 19.3. The van der Waals surface area contributed by atoms with Gasteiger partial charge in [-0.3, -0.25) is 4.99 Å². The average molecular weight is 661 g/mol. The Balaban J connectivity index is 1.25. The standard InChI is InChI=1S/C45H36N6/c1-48-29-28-32-18-8-9-21-34(32)44(48)49-38-25-13-10-22-35(38)41-36-23-11-14-26-39(36)50(42(41)37-24-12-15-27-40(37)49)45(46-30-31-16-4-2-5-17-31)51-43(47-51)33-19-6-3-7-20-33/h2-30,43-45,47H,1H3/b46-30+/t43?,44?,45?,51-/m0/s1. The van der Waals surface area contributed by atoms with Crippen molar-refractivity contribution in [3.8, 4) is 22.4 Å². The van der Waals surface area contributed by atoms with Crippen LogP contribution in [-0.2, 0) is 0 Å². The molecule has 10 rings (SSSR count). The van der Waals surface area contributed by atoms with Crippen molar-refractivity contribution in [1.29, 1.82) is 0 Å². The van der Waals surface area contributed by atoms with Crippen molar-refractivity contribution >= 4 is 34.6 Å². The van der Waals surface area contributed by atoms with Crippen molar-refractivity contribution in [2.45, 2.75) is 18.6 Å². The highest BCUT2D eigenvalue weighted by Crippen LogP contribution is 2.56. The Hall–Kier alpha value is -6.21. The quantitative estimate of drug-likeness (QED) is 0.143. The molecule has 1 fully saturated rings. The Kier molecular flexibility index (Phi) is 6.98. The van der Waals surface area contributed by atoms with E-state index in [-0.39, 0.29) is 18.6 Å². The molecule has 1 aromatic heterocycles. The van der Waals surface area contributed by atoms with E-state index in [0.29, 0.717) is 0 Å². The minimum atomic E-state index is -0.378. The lowest BCUT2D eigenvalue weighted by Gasteiger charge is -2.42. The van der Waals surface area contributed by atoms with Crippen LogP contribution in [0.4, 0.5) is 11.4 Å². The molecule has 3 aliphatic heterocycles. The van der Waals surface area contributed by atoms with Crippen molar-refractivity contribution < 1.29 is 0 Å². The summed E-state index contributed by atoms with van der Waals surface area (Å²) in [6.45, 7) is 0. The van der Waals surface area contributed by atoms with Gasteiger partial charge >= 0.3 is 0 Å². The Morgan fingerprint density at radius 1 is 0.667 bits per heavy atom. The van der Waals surface area contributed by atoms with Crippen LogP contribution in [-0.4, -0.2) is 27.7 Å². The lowest BCUT2D eigenvalue weighted by atomic mass is 9.97. The monoisotopic (exact) mass is 660 g/mol. The molecule has 4 atom stereocenters. The fourth-order valence-corrected chi connectivity index (χ4v) is 8.06. The van der Waals surface area contributed by atoms with Gasteiger partial charge in [0.2, 0.25) is 0 Å². The molecule has 1 N–H and O–H groups in total. The first-order valence-electron chi connectivity index (χ1n) is 17.5. The van der Waals surface area contributed by atoms with E-state index in [9.17, 15) is 0 Å². The number of hydrogen-bond acceptors (Lipinski definition) is 5. The van der Waals surface area contributed by atoms with Crippen LogP contribution in [0.25, 0.3) is 39.4 Å². The molecular formula is C45H36N6. The van der Waals surface area contributed by atoms with Gasteiger partial charge in [0.25, 0.3) is 0 Å². The number of hydrogen-bond donors (Lipinski definition) is 1. The molecule has 6 aromatic carbocycles. The van der Waals surface area contributed by atoms with Gasteiger partial charge in [-0.25, -0.2) is 5.43 Å². The minimum absolute atomic E-state index is 0.0323. The van der Waals surface area contributed by atoms with Gasteiger partial charge in [0, 0.05) is 47.1 Å². The van der Waals surface area contributed by atoms with Gasteiger partial charge in [-0.15, -0.1) is 0 Å². The molecule has 0 amide bonds. The third kappa shape index (κ3) is 4.83. The van der Waals surface area contributed by atoms with Gasteiger partial charge in [-0.05, 0) is 41.0 Å². The summed E-state index contributed by atoms with van der Waals surface area (Å²) in [4.78, 5) is 10.3. The number of rotatable bonds is 6. The van der Waals surface area contributed by atoms with E-state index in [4.69, 9.17) is 4.99 Å². The first kappa shape index (κ1) is 29.7. The molecule has 0 bridgehead atoms. The topological polar surface area (TPSA) is 48.7 Å². The maximum absolute atomic E-state index is 5.41. The van der Waals surface area contributed by atoms with Gasteiger partial charge in [0.15, 0.2) is 6.29 Å². The van der Waals surface area contributed by atoms with E-state index in [1.165, 1.54) is 44.5 Å². The maximum Gasteiger partial charge on any atom is 0.197 e. The second-order valence-electron chi connectivity index (χ2n) is 13.4. The summed E-state index contributed by atoms with van der Waals surface area (Å²) in [6, 6.07) is 56.4. The van der Waals surface area contributed by atoms with E-state index in [1.807, 2.05) is 12.3 Å². The molecule has 4 heterocycles. The van der Waals surface area contributed by atoms with Gasteiger partial charge < -0.3 is 14.4 Å². The minimum Gasteiger partial charge on any atom is -0.356 e. The van der Waals surface area contributed by atoms with Crippen molar-refractivity contribution in [2.75, 3.05) is 11.9 Å². The molecule has 51 heavy (non-hydrogen) atoms. The van der Waals surface area contributed by atoms with E-state index >= 15 is 0 Å². The molecule has 6 nitrogen and oxygen atoms in total. The Labute approximate surface area is 297 Å². The molecule has 7 aromatic rings. The summed E-state index contributed by atoms with van der Waals surface area (Å²) >= 11 is 0. The zero-order chi connectivity index (χ0) is 33.9. The third-order valence-electron chi connectivity index (χ3n) is 10.4. The summed E-state index contributed by atoms with van der Waals surface area (Å²) in [7, 11) is 2.18. The van der Waals surface area contributed by atoms with Crippen LogP contribution in [0.5, 0.6) is 0 Å². The van der Waals surface area contributed by atoms with E-state index in [2.05, 4.69) is 196 Å². The molecule has 0 spiro atoms. The van der Waals surface area contributed by atoms with Gasteiger partial charge in [0.1, 0.15) is 12.3 Å². The average Bonchev–Trinajstić information content (AvgIpc) is 3.94. The second kappa shape index (κ2) is 12.0. The zero-order valence-corrected chi connectivity index (χ0v) is 28.2. The summed E-state index contributed by atoms with van der Waals surface area (Å²) in [5.41, 5.74) is 16.7. The van der Waals surface area contributed by atoms with Crippen LogP contribution >= 0.6 is 0 Å².